The second kappa shape index (κ2) is 4.26. The number of thioether (sulfide) groups is 1. The van der Waals surface area contributed by atoms with Crippen LogP contribution >= 0.6 is 11.8 Å². The molecule has 0 N–H and O–H groups in total. The first-order chi connectivity index (χ1) is 6.06. The summed E-state index contributed by atoms with van der Waals surface area (Å²) in [7, 11) is 0.984. The molecule has 1 unspecified atom stereocenters. The Hall–Kier alpha value is -0.320. The van der Waals surface area contributed by atoms with Crippen molar-refractivity contribution >= 4 is 17.7 Å². The highest BCUT2D eigenvalue weighted by Crippen LogP contribution is 2.35. The average molecular weight is 210 g/mol. The van der Waals surface area contributed by atoms with Gasteiger partial charge in [-0.1, -0.05) is 0 Å². The molecule has 0 aromatic heterocycles. The van der Waals surface area contributed by atoms with E-state index in [1.807, 2.05) is 0 Å². The van der Waals surface area contributed by atoms with E-state index in [0.717, 1.165) is 25.7 Å². The molecule has 1 fully saturated rings. The SMILES string of the molecule is COC(=O)C(F)(F)CC1CCCS1. The van der Waals surface area contributed by atoms with E-state index in [9.17, 15) is 13.6 Å². The molecule has 5 heteroatoms. The Morgan fingerprint density at radius 1 is 1.69 bits per heavy atom. The fourth-order valence-corrected chi connectivity index (χ4v) is 2.65. The number of alkyl halides is 2. The molecule has 13 heavy (non-hydrogen) atoms. The topological polar surface area (TPSA) is 26.3 Å². The molecule has 1 saturated heterocycles. The van der Waals surface area contributed by atoms with Crippen LogP contribution in [0.15, 0.2) is 0 Å². The molecule has 0 radical (unpaired) electrons. The minimum absolute atomic E-state index is 0.0888. The molecule has 0 aromatic carbocycles. The fourth-order valence-electron chi connectivity index (χ4n) is 1.32. The van der Waals surface area contributed by atoms with Gasteiger partial charge in [-0.05, 0) is 18.6 Å². The van der Waals surface area contributed by atoms with Crippen molar-refractivity contribution in [2.24, 2.45) is 0 Å². The minimum Gasteiger partial charge on any atom is -0.465 e. The number of hydrogen-bond acceptors (Lipinski definition) is 3. The quantitative estimate of drug-likeness (QED) is 0.667. The van der Waals surface area contributed by atoms with Crippen LogP contribution in [-0.2, 0) is 9.53 Å². The van der Waals surface area contributed by atoms with Gasteiger partial charge in [-0.3, -0.25) is 0 Å². The highest BCUT2D eigenvalue weighted by atomic mass is 32.2. The predicted octanol–water partition coefficient (Wildman–Crippen LogP) is 2.08. The van der Waals surface area contributed by atoms with Crippen LogP contribution in [0.5, 0.6) is 0 Å². The van der Waals surface area contributed by atoms with Gasteiger partial charge < -0.3 is 4.74 Å². The fraction of sp³-hybridized carbons (Fsp3) is 0.875. The zero-order valence-corrected chi connectivity index (χ0v) is 8.20. The molecule has 0 spiro atoms. The number of halogens is 2. The van der Waals surface area contributed by atoms with Gasteiger partial charge in [-0.15, -0.1) is 0 Å². The first-order valence-corrected chi connectivity index (χ1v) is 5.19. The van der Waals surface area contributed by atoms with E-state index in [2.05, 4.69) is 4.74 Å². The number of carbonyl (C=O) groups excluding carboxylic acids is 1. The zero-order chi connectivity index (χ0) is 9.90. The van der Waals surface area contributed by atoms with Crippen LogP contribution in [0.4, 0.5) is 8.78 Å². The normalized spacial score (nSPS) is 23.2. The van der Waals surface area contributed by atoms with Crippen LogP contribution in [0.2, 0.25) is 0 Å². The van der Waals surface area contributed by atoms with E-state index in [1.54, 1.807) is 0 Å². The van der Waals surface area contributed by atoms with Gasteiger partial charge in [0, 0.05) is 11.7 Å². The Morgan fingerprint density at radius 3 is 2.85 bits per heavy atom. The third-order valence-corrected chi connectivity index (χ3v) is 3.39. The first-order valence-electron chi connectivity index (χ1n) is 4.14. The summed E-state index contributed by atoms with van der Waals surface area (Å²) < 4.78 is 30.0. The number of methoxy groups -OCH3 is 1. The zero-order valence-electron chi connectivity index (χ0n) is 7.39. The van der Waals surface area contributed by atoms with Gasteiger partial charge in [-0.2, -0.15) is 20.5 Å². The van der Waals surface area contributed by atoms with E-state index < -0.39 is 11.9 Å². The van der Waals surface area contributed by atoms with Crippen molar-refractivity contribution in [1.82, 2.24) is 0 Å². The summed E-state index contributed by atoms with van der Waals surface area (Å²) in [6.07, 6.45) is 1.36. The predicted molar refractivity (Wildman–Crippen MR) is 47.1 cm³/mol. The smallest absolute Gasteiger partial charge is 0.376 e. The molecule has 1 aliphatic rings. The average Bonchev–Trinajstić information content (AvgIpc) is 2.54. The van der Waals surface area contributed by atoms with Crippen molar-refractivity contribution in [1.29, 1.82) is 0 Å². The summed E-state index contributed by atoms with van der Waals surface area (Å²) in [4.78, 5) is 10.6. The van der Waals surface area contributed by atoms with E-state index in [-0.39, 0.29) is 11.7 Å². The van der Waals surface area contributed by atoms with Crippen molar-refractivity contribution in [3.8, 4) is 0 Å². The Kier molecular flexibility index (Phi) is 3.53. The van der Waals surface area contributed by atoms with Crippen LogP contribution in [-0.4, -0.2) is 30.0 Å². The number of hydrogen-bond donors (Lipinski definition) is 0. The third kappa shape index (κ3) is 2.83. The molecule has 0 aliphatic carbocycles. The molecule has 0 amide bonds. The maximum absolute atomic E-state index is 13.0. The molecule has 0 aromatic rings. The van der Waals surface area contributed by atoms with Crippen molar-refractivity contribution in [3.05, 3.63) is 0 Å². The number of esters is 1. The molecule has 0 bridgehead atoms. The summed E-state index contributed by atoms with van der Waals surface area (Å²) in [5, 5.41) is -0.0888. The Balaban J connectivity index is 2.44. The lowest BCUT2D eigenvalue weighted by atomic mass is 10.1. The van der Waals surface area contributed by atoms with Crippen LogP contribution in [0.1, 0.15) is 19.3 Å². The standard InChI is InChI=1S/C8H12F2O2S/c1-12-7(11)8(9,10)5-6-3-2-4-13-6/h6H,2-5H2,1H3. The highest BCUT2D eigenvalue weighted by Gasteiger charge is 2.42. The van der Waals surface area contributed by atoms with E-state index in [0.29, 0.717) is 0 Å². The number of ether oxygens (including phenoxy) is 1. The molecular weight excluding hydrogens is 198 g/mol. The summed E-state index contributed by atoms with van der Waals surface area (Å²) >= 11 is 1.51. The van der Waals surface area contributed by atoms with Crippen molar-refractivity contribution in [3.63, 3.8) is 0 Å². The molecule has 0 saturated carbocycles. The second-order valence-electron chi connectivity index (χ2n) is 3.04. The number of rotatable bonds is 3. The maximum atomic E-state index is 13.0. The van der Waals surface area contributed by atoms with E-state index in [1.165, 1.54) is 11.8 Å². The van der Waals surface area contributed by atoms with E-state index >= 15 is 0 Å². The largest absolute Gasteiger partial charge is 0.465 e. The lowest BCUT2D eigenvalue weighted by Gasteiger charge is -2.16. The van der Waals surface area contributed by atoms with Gasteiger partial charge >= 0.3 is 11.9 Å². The van der Waals surface area contributed by atoms with Crippen LogP contribution in [0.3, 0.4) is 0 Å². The molecule has 2 nitrogen and oxygen atoms in total. The molecule has 1 rings (SSSR count). The minimum atomic E-state index is -3.31. The van der Waals surface area contributed by atoms with Gasteiger partial charge in [0.15, 0.2) is 0 Å². The second-order valence-corrected chi connectivity index (χ2v) is 4.44. The Morgan fingerprint density at radius 2 is 2.38 bits per heavy atom. The molecule has 1 heterocycles. The molecular formula is C8H12F2O2S. The van der Waals surface area contributed by atoms with Crippen LogP contribution in [0.25, 0.3) is 0 Å². The summed E-state index contributed by atoms with van der Waals surface area (Å²) in [6, 6.07) is 0. The van der Waals surface area contributed by atoms with Gasteiger partial charge in [-0.25, -0.2) is 4.79 Å². The summed E-state index contributed by atoms with van der Waals surface area (Å²) in [5.74, 6) is -3.81. The van der Waals surface area contributed by atoms with Gasteiger partial charge in [0.05, 0.1) is 7.11 Å². The molecule has 1 aliphatic heterocycles. The molecule has 1 atom stereocenters. The van der Waals surface area contributed by atoms with Gasteiger partial charge in [0.2, 0.25) is 0 Å². The summed E-state index contributed by atoms with van der Waals surface area (Å²) in [6.45, 7) is 0. The monoisotopic (exact) mass is 210 g/mol. The van der Waals surface area contributed by atoms with Crippen LogP contribution < -0.4 is 0 Å². The Labute approximate surface area is 80.0 Å². The summed E-state index contributed by atoms with van der Waals surface area (Å²) in [5.41, 5.74) is 0. The van der Waals surface area contributed by atoms with E-state index in [4.69, 9.17) is 0 Å². The maximum Gasteiger partial charge on any atom is 0.376 e. The molecule has 76 valence electrons. The lowest BCUT2D eigenvalue weighted by molar-refractivity contribution is -0.169. The first kappa shape index (κ1) is 10.8. The van der Waals surface area contributed by atoms with Crippen LogP contribution in [0, 0.1) is 0 Å². The van der Waals surface area contributed by atoms with Gasteiger partial charge in [0.25, 0.3) is 0 Å². The van der Waals surface area contributed by atoms with Crippen molar-refractivity contribution in [2.45, 2.75) is 30.4 Å². The van der Waals surface area contributed by atoms with Crippen molar-refractivity contribution in [2.75, 3.05) is 12.9 Å². The van der Waals surface area contributed by atoms with Gasteiger partial charge in [0.1, 0.15) is 0 Å². The Bertz CT molecular complexity index is 191. The van der Waals surface area contributed by atoms with Crippen molar-refractivity contribution < 1.29 is 18.3 Å². The highest BCUT2D eigenvalue weighted by molar-refractivity contribution is 8.00. The number of carbonyl (C=O) groups is 1. The third-order valence-electron chi connectivity index (χ3n) is 1.99. The lowest BCUT2D eigenvalue weighted by Crippen LogP contribution is -2.32.